The lowest BCUT2D eigenvalue weighted by Gasteiger charge is -2.18. The largest absolute Gasteiger partial charge is 0.480 e. The van der Waals surface area contributed by atoms with E-state index in [-0.39, 0.29) is 24.5 Å². The number of aromatic amines is 1. The third-order valence-corrected chi connectivity index (χ3v) is 4.34. The van der Waals surface area contributed by atoms with Crippen molar-refractivity contribution < 1.29 is 24.3 Å². The van der Waals surface area contributed by atoms with E-state index in [1.165, 1.54) is 19.4 Å². The minimum atomic E-state index is -1.24. The summed E-state index contributed by atoms with van der Waals surface area (Å²) in [5.41, 5.74) is 6.02. The predicted molar refractivity (Wildman–Crippen MR) is 95.2 cm³/mol. The Balaban J connectivity index is 2.71. The third kappa shape index (κ3) is 8.12. The molecule has 0 fully saturated rings. The van der Waals surface area contributed by atoms with E-state index in [4.69, 9.17) is 10.8 Å². The molecule has 0 saturated carbocycles. The maximum Gasteiger partial charge on any atom is 0.327 e. The molecule has 11 heteroatoms. The Hall–Kier alpha value is -2.40. The van der Waals surface area contributed by atoms with Gasteiger partial charge >= 0.3 is 5.97 Å². The topological polar surface area (TPSA) is 167 Å². The van der Waals surface area contributed by atoms with Gasteiger partial charge in [-0.15, -0.1) is 0 Å². The highest BCUT2D eigenvalue weighted by Crippen LogP contribution is 2.12. The number of hydrogen-bond acceptors (Lipinski definition) is 7. The lowest BCUT2D eigenvalue weighted by atomic mass is 10.1. The third-order valence-electron chi connectivity index (χ3n) is 3.27. The first-order valence-corrected chi connectivity index (χ1v) is 8.95. The van der Waals surface area contributed by atoms with E-state index in [0.29, 0.717) is 18.7 Å². The van der Waals surface area contributed by atoms with Gasteiger partial charge in [0, 0.05) is 37.4 Å². The lowest BCUT2D eigenvalue weighted by molar-refractivity contribution is -0.140. The van der Waals surface area contributed by atoms with E-state index >= 15 is 0 Å². The second-order valence-corrected chi connectivity index (χ2v) is 6.54. The molecule has 0 spiro atoms. The number of nitrogens with two attached hydrogens (primary N) is 1. The van der Waals surface area contributed by atoms with Crippen molar-refractivity contribution in [3.63, 3.8) is 0 Å². The second kappa shape index (κ2) is 11.3. The van der Waals surface area contributed by atoms with Crippen molar-refractivity contribution in [3.8, 4) is 0 Å². The maximum absolute atomic E-state index is 12.5. The Labute approximate surface area is 154 Å². The van der Waals surface area contributed by atoms with Crippen LogP contribution in [0.4, 0.5) is 0 Å². The van der Waals surface area contributed by atoms with Crippen LogP contribution in [0.5, 0.6) is 0 Å². The smallest absolute Gasteiger partial charge is 0.327 e. The lowest BCUT2D eigenvalue weighted by Crippen LogP contribution is -2.44. The molecule has 2 unspecified atom stereocenters. The quantitative estimate of drug-likeness (QED) is 0.324. The fourth-order valence-corrected chi connectivity index (χ4v) is 2.93. The zero-order valence-corrected chi connectivity index (χ0v) is 15.2. The maximum atomic E-state index is 12.5. The molecule has 144 valence electrons. The molecule has 1 rings (SSSR count). The summed E-state index contributed by atoms with van der Waals surface area (Å²) in [5.74, 6) is -2.20. The number of carboxylic acids is 1. The van der Waals surface area contributed by atoms with Crippen LogP contribution < -0.4 is 16.4 Å². The zero-order valence-electron chi connectivity index (χ0n) is 14.4. The van der Waals surface area contributed by atoms with Crippen molar-refractivity contribution in [2.75, 3.05) is 12.3 Å². The molecule has 0 aliphatic carbocycles. The van der Waals surface area contributed by atoms with Crippen LogP contribution in [0.1, 0.15) is 25.5 Å². The SMILES string of the molecule is CC(=O)NC(CSC(=O)C(Cc1cnc[nH]1)NC(=O)CCCN)C(=O)O. The summed E-state index contributed by atoms with van der Waals surface area (Å²) in [4.78, 5) is 53.3. The van der Waals surface area contributed by atoms with Crippen molar-refractivity contribution in [2.45, 2.75) is 38.3 Å². The summed E-state index contributed by atoms with van der Waals surface area (Å²) >= 11 is 0.742. The van der Waals surface area contributed by atoms with Crippen molar-refractivity contribution in [1.29, 1.82) is 0 Å². The normalized spacial score (nSPS) is 12.8. The van der Waals surface area contributed by atoms with E-state index in [9.17, 15) is 19.2 Å². The Morgan fingerprint density at radius 2 is 2.04 bits per heavy atom. The summed E-state index contributed by atoms with van der Waals surface area (Å²) in [7, 11) is 0. The number of carbonyl (C=O) groups excluding carboxylic acids is 3. The molecule has 2 amide bonds. The first kappa shape index (κ1) is 21.6. The molecule has 0 bridgehead atoms. The summed E-state index contributed by atoms with van der Waals surface area (Å²) < 4.78 is 0. The van der Waals surface area contributed by atoms with Crippen LogP contribution in [-0.4, -0.2) is 62.4 Å². The summed E-state index contributed by atoms with van der Waals surface area (Å²) in [5, 5.41) is 13.6. The number of aliphatic carboxylic acids is 1. The van der Waals surface area contributed by atoms with E-state index in [0.717, 1.165) is 11.8 Å². The van der Waals surface area contributed by atoms with Crippen LogP contribution in [0.3, 0.4) is 0 Å². The highest BCUT2D eigenvalue weighted by molar-refractivity contribution is 8.13. The van der Waals surface area contributed by atoms with Gasteiger partial charge in [-0.2, -0.15) is 0 Å². The fraction of sp³-hybridized carbons (Fsp3) is 0.533. The number of H-pyrrole nitrogens is 1. The average molecular weight is 385 g/mol. The van der Waals surface area contributed by atoms with Crippen molar-refractivity contribution in [3.05, 3.63) is 18.2 Å². The Morgan fingerprint density at radius 3 is 2.58 bits per heavy atom. The van der Waals surface area contributed by atoms with Crippen molar-refractivity contribution >= 4 is 34.7 Å². The number of nitrogens with zero attached hydrogens (tertiary/aromatic N) is 1. The van der Waals surface area contributed by atoms with E-state index in [1.807, 2.05) is 0 Å². The fourth-order valence-electron chi connectivity index (χ4n) is 2.02. The molecule has 0 aliphatic rings. The number of thioether (sulfide) groups is 1. The molecule has 0 radical (unpaired) electrons. The van der Waals surface area contributed by atoms with Gasteiger partial charge in [0.05, 0.1) is 6.33 Å². The Bertz CT molecular complexity index is 622. The number of carbonyl (C=O) groups is 4. The van der Waals surface area contributed by atoms with Crippen LogP contribution >= 0.6 is 11.8 Å². The average Bonchev–Trinajstić information content (AvgIpc) is 3.08. The first-order valence-electron chi connectivity index (χ1n) is 7.96. The van der Waals surface area contributed by atoms with Gasteiger partial charge in [0.25, 0.3) is 0 Å². The highest BCUT2D eigenvalue weighted by Gasteiger charge is 2.26. The minimum Gasteiger partial charge on any atom is -0.480 e. The highest BCUT2D eigenvalue weighted by atomic mass is 32.2. The zero-order chi connectivity index (χ0) is 19.5. The van der Waals surface area contributed by atoms with Gasteiger partial charge in [-0.25, -0.2) is 9.78 Å². The predicted octanol–water partition coefficient (Wildman–Crippen LogP) is -0.975. The molecule has 1 heterocycles. The standard InChI is InChI=1S/C15H23N5O5S/c1-9(21)19-12(14(23)24)7-26-15(25)11(5-10-6-17-8-18-10)20-13(22)3-2-4-16/h6,8,11-12H,2-5,7,16H2,1H3,(H,17,18)(H,19,21)(H,20,22)(H,23,24). The molecule has 2 atom stereocenters. The van der Waals surface area contributed by atoms with Gasteiger partial charge in [-0.3, -0.25) is 14.4 Å². The second-order valence-electron chi connectivity index (χ2n) is 5.51. The number of rotatable bonds is 11. The summed E-state index contributed by atoms with van der Waals surface area (Å²) in [6.45, 7) is 1.56. The number of imidazole rings is 1. The molecule has 1 aromatic rings. The first-order chi connectivity index (χ1) is 12.3. The van der Waals surface area contributed by atoms with Gasteiger partial charge in [-0.1, -0.05) is 11.8 Å². The Morgan fingerprint density at radius 1 is 1.31 bits per heavy atom. The monoisotopic (exact) mass is 385 g/mol. The number of amides is 2. The Kier molecular flexibility index (Phi) is 9.37. The van der Waals surface area contributed by atoms with Gasteiger partial charge in [0.1, 0.15) is 12.1 Å². The van der Waals surface area contributed by atoms with E-state index in [1.54, 1.807) is 0 Å². The van der Waals surface area contributed by atoms with Crippen LogP contribution in [0, 0.1) is 0 Å². The molecule has 6 N–H and O–H groups in total. The van der Waals surface area contributed by atoms with Gasteiger partial charge < -0.3 is 26.5 Å². The van der Waals surface area contributed by atoms with Gasteiger partial charge in [0.2, 0.25) is 16.9 Å². The van der Waals surface area contributed by atoms with Gasteiger partial charge in [-0.05, 0) is 13.0 Å². The van der Waals surface area contributed by atoms with Crippen LogP contribution in [-0.2, 0) is 25.6 Å². The molecule has 1 aromatic heterocycles. The number of nitrogens with one attached hydrogen (secondary N) is 3. The van der Waals surface area contributed by atoms with Crippen LogP contribution in [0.15, 0.2) is 12.5 Å². The summed E-state index contributed by atoms with van der Waals surface area (Å²) in [6, 6.07) is -2.04. The minimum absolute atomic E-state index is 0.147. The number of hydrogen-bond donors (Lipinski definition) is 5. The van der Waals surface area contributed by atoms with Crippen molar-refractivity contribution in [1.82, 2.24) is 20.6 Å². The van der Waals surface area contributed by atoms with E-state index in [2.05, 4.69) is 20.6 Å². The number of carboxylic acid groups (broad SMARTS) is 1. The molecule has 26 heavy (non-hydrogen) atoms. The molecule has 0 saturated heterocycles. The number of aromatic nitrogens is 2. The molecule has 0 aromatic carbocycles. The molecule has 0 aliphatic heterocycles. The molecule has 10 nitrogen and oxygen atoms in total. The van der Waals surface area contributed by atoms with E-state index < -0.39 is 29.1 Å². The van der Waals surface area contributed by atoms with Crippen LogP contribution in [0.25, 0.3) is 0 Å². The van der Waals surface area contributed by atoms with Crippen LogP contribution in [0.2, 0.25) is 0 Å². The van der Waals surface area contributed by atoms with Crippen molar-refractivity contribution in [2.24, 2.45) is 5.73 Å². The molecular weight excluding hydrogens is 362 g/mol. The van der Waals surface area contributed by atoms with Gasteiger partial charge in [0.15, 0.2) is 0 Å². The molecular formula is C15H23N5O5S. The summed E-state index contributed by atoms with van der Waals surface area (Å²) in [6.07, 6.45) is 3.87.